The van der Waals surface area contributed by atoms with Crippen molar-refractivity contribution in [3.63, 3.8) is 0 Å². The third-order valence-corrected chi connectivity index (χ3v) is 0.302. The van der Waals surface area contributed by atoms with Gasteiger partial charge in [-0.2, -0.15) is 0 Å². The van der Waals surface area contributed by atoms with Crippen molar-refractivity contribution in [2.45, 2.75) is 13.3 Å². The number of rotatable bonds is 1. The molecule has 0 aliphatic heterocycles. The van der Waals surface area contributed by atoms with Crippen molar-refractivity contribution < 1.29 is 18.3 Å². The first-order valence-corrected chi connectivity index (χ1v) is 2.58. The van der Waals surface area contributed by atoms with Crippen LogP contribution >= 0.6 is 0 Å². The summed E-state index contributed by atoms with van der Waals surface area (Å²) in [7, 11) is 0. The minimum Gasteiger partial charge on any atom is -0.481 e. The molecule has 0 saturated carbocycles. The van der Waals surface area contributed by atoms with Gasteiger partial charge >= 0.3 is 5.97 Å². The van der Waals surface area contributed by atoms with Gasteiger partial charge in [0, 0.05) is 6.42 Å². The van der Waals surface area contributed by atoms with Gasteiger partial charge in [0.15, 0.2) is 0 Å². The number of carboxylic acid groups (broad SMARTS) is 1. The lowest BCUT2D eigenvalue weighted by molar-refractivity contribution is -0.136. The molecular formula is C3H7O4S-. The molecule has 0 unspecified atom stereocenters. The molecule has 0 radical (unpaired) electrons. The fourth-order valence-corrected chi connectivity index (χ4v) is 0. The first-order chi connectivity index (χ1) is 3.68. The van der Waals surface area contributed by atoms with Crippen molar-refractivity contribution in [3.8, 4) is 0 Å². The van der Waals surface area contributed by atoms with Gasteiger partial charge in [0.2, 0.25) is 0 Å². The van der Waals surface area contributed by atoms with Gasteiger partial charge in [-0.25, -0.2) is 0 Å². The van der Waals surface area contributed by atoms with Crippen LogP contribution in [0.25, 0.3) is 0 Å². The Morgan fingerprint density at radius 1 is 1.62 bits per heavy atom. The second kappa shape index (κ2) is 9.65. The molecule has 8 heavy (non-hydrogen) atoms. The summed E-state index contributed by atoms with van der Waals surface area (Å²) in [6.07, 6.45) is 0.222. The second-order valence-electron chi connectivity index (χ2n) is 0.822. The Balaban J connectivity index is 0. The molecule has 0 atom stereocenters. The highest BCUT2D eigenvalue weighted by Crippen LogP contribution is 1.67. The number of aliphatic carboxylic acids is 1. The number of carbonyl (C=O) groups is 1. The van der Waals surface area contributed by atoms with E-state index < -0.39 is 17.5 Å². The van der Waals surface area contributed by atoms with E-state index in [9.17, 15) is 4.79 Å². The molecule has 0 saturated heterocycles. The van der Waals surface area contributed by atoms with Crippen LogP contribution in [-0.4, -0.2) is 11.1 Å². The molecule has 1 N–H and O–H groups in total. The lowest BCUT2D eigenvalue weighted by Crippen LogP contribution is -1.86. The van der Waals surface area contributed by atoms with Crippen LogP contribution in [0.3, 0.4) is 0 Å². The average Bonchev–Trinajstić information content (AvgIpc) is 1.69. The number of carboxylic acids is 1. The van der Waals surface area contributed by atoms with Crippen LogP contribution < -0.4 is 0 Å². The van der Waals surface area contributed by atoms with Crippen molar-refractivity contribution in [2.75, 3.05) is 0 Å². The van der Waals surface area contributed by atoms with Crippen LogP contribution in [0, 0.1) is 0 Å². The van der Waals surface area contributed by atoms with E-state index in [0.29, 0.717) is 0 Å². The molecule has 0 spiro atoms. The highest BCUT2D eigenvalue weighted by Gasteiger charge is 1.80. The lowest BCUT2D eigenvalue weighted by atomic mass is 10.5. The Kier molecular flexibility index (Phi) is 12.6. The van der Waals surface area contributed by atoms with E-state index in [0.717, 1.165) is 0 Å². The first kappa shape index (κ1) is 10.4. The summed E-state index contributed by atoms with van der Waals surface area (Å²) in [5.74, 6) is -0.745. The maximum atomic E-state index is 9.37. The Hall–Kier alpha value is -0.580. The third-order valence-electron chi connectivity index (χ3n) is 0.302. The van der Waals surface area contributed by atoms with E-state index in [1.54, 1.807) is 6.92 Å². The summed E-state index contributed by atoms with van der Waals surface area (Å²) >= 11 is -1.08. The van der Waals surface area contributed by atoms with Crippen molar-refractivity contribution in [2.24, 2.45) is 0 Å². The van der Waals surface area contributed by atoms with Crippen LogP contribution in [0.4, 0.5) is 0 Å². The quantitative estimate of drug-likeness (QED) is 0.409. The molecule has 0 amide bonds. The largest absolute Gasteiger partial charge is 0.481 e. The van der Waals surface area contributed by atoms with Gasteiger partial charge in [0.05, 0.1) is 0 Å². The topological polar surface area (TPSA) is 71.4 Å². The zero-order valence-electron chi connectivity index (χ0n) is 4.33. The van der Waals surface area contributed by atoms with E-state index >= 15 is 0 Å². The minimum absolute atomic E-state index is 0.222. The maximum absolute atomic E-state index is 9.37. The monoisotopic (exact) mass is 139 g/mol. The molecule has 0 bridgehead atoms. The summed E-state index contributed by atoms with van der Waals surface area (Å²) < 4.78 is 16.7. The van der Waals surface area contributed by atoms with Gasteiger partial charge in [0.1, 0.15) is 0 Å². The molecule has 0 rings (SSSR count). The normalized spacial score (nSPS) is 6.62. The zero-order chi connectivity index (χ0) is 6.99. The van der Waals surface area contributed by atoms with Gasteiger partial charge in [0.25, 0.3) is 0 Å². The Labute approximate surface area is 50.1 Å². The van der Waals surface area contributed by atoms with Crippen LogP contribution in [0.2, 0.25) is 0 Å². The van der Waals surface area contributed by atoms with Gasteiger partial charge < -0.3 is 13.5 Å². The molecule has 50 valence electrons. The van der Waals surface area contributed by atoms with Crippen LogP contribution in [0.1, 0.15) is 13.3 Å². The highest BCUT2D eigenvalue weighted by molar-refractivity contribution is 7.51. The van der Waals surface area contributed by atoms with Crippen LogP contribution in [0.5, 0.6) is 0 Å². The van der Waals surface area contributed by atoms with Crippen LogP contribution in [-0.2, 0) is 24.8 Å². The van der Waals surface area contributed by atoms with E-state index in [1.807, 2.05) is 0 Å². The summed E-state index contributed by atoms with van der Waals surface area (Å²) in [5, 5.41) is 7.72. The summed E-state index contributed by atoms with van der Waals surface area (Å²) in [4.78, 5) is 9.37. The first-order valence-electron chi connectivity index (χ1n) is 1.85. The summed E-state index contributed by atoms with van der Waals surface area (Å²) in [5.41, 5.74) is 0. The van der Waals surface area contributed by atoms with Crippen molar-refractivity contribution in [1.29, 1.82) is 0 Å². The SMILES string of the molecule is CCC(=O)O.O=[SH-]=O. The molecule has 0 aromatic rings. The summed E-state index contributed by atoms with van der Waals surface area (Å²) in [6, 6.07) is 0. The van der Waals surface area contributed by atoms with E-state index in [4.69, 9.17) is 13.5 Å². The molecule has 0 aliphatic rings. The molecular weight excluding hydrogens is 132 g/mol. The highest BCUT2D eigenvalue weighted by atomic mass is 32.1. The van der Waals surface area contributed by atoms with Gasteiger partial charge in [-0.1, -0.05) is 18.5 Å². The molecule has 0 aliphatic carbocycles. The molecule has 0 heterocycles. The van der Waals surface area contributed by atoms with Gasteiger partial charge in [-0.05, 0) is 0 Å². The van der Waals surface area contributed by atoms with Crippen molar-refractivity contribution in [3.05, 3.63) is 0 Å². The molecule has 5 heteroatoms. The standard InChI is InChI=1S/C3H6O2.HO2S/c1-2-3(4)5;1-3-2/h2H2,1H3,(H,4,5);3H/q;-1. The molecule has 0 aromatic carbocycles. The third kappa shape index (κ3) is 52.5. The van der Waals surface area contributed by atoms with E-state index in [-0.39, 0.29) is 6.42 Å². The Morgan fingerprint density at radius 3 is 1.75 bits per heavy atom. The number of thiol groups is 1. The fourth-order valence-electron chi connectivity index (χ4n) is 0. The van der Waals surface area contributed by atoms with Crippen molar-refractivity contribution in [1.82, 2.24) is 0 Å². The van der Waals surface area contributed by atoms with E-state index in [2.05, 4.69) is 0 Å². The average molecular weight is 139 g/mol. The van der Waals surface area contributed by atoms with E-state index in [1.165, 1.54) is 0 Å². The lowest BCUT2D eigenvalue weighted by Gasteiger charge is -1.71. The minimum atomic E-state index is -1.08. The fraction of sp³-hybridized carbons (Fsp3) is 0.667. The second-order valence-corrected chi connectivity index (χ2v) is 0.971. The molecule has 4 nitrogen and oxygen atoms in total. The predicted octanol–water partition coefficient (Wildman–Crippen LogP) is -0.0267. The van der Waals surface area contributed by atoms with Gasteiger partial charge in [-0.15, -0.1) is 0 Å². The molecule has 0 fully saturated rings. The van der Waals surface area contributed by atoms with Crippen LogP contribution in [0.15, 0.2) is 0 Å². The maximum Gasteiger partial charge on any atom is 0.303 e. The van der Waals surface area contributed by atoms with Gasteiger partial charge in [-0.3, -0.25) is 4.79 Å². The smallest absolute Gasteiger partial charge is 0.303 e. The summed E-state index contributed by atoms with van der Waals surface area (Å²) in [6.45, 7) is 1.60. The number of hydrogen-bond donors (Lipinski definition) is 1. The Morgan fingerprint density at radius 2 is 1.75 bits per heavy atom. The zero-order valence-corrected chi connectivity index (χ0v) is 5.22. The Bertz CT molecular complexity index is 93.5. The number of hydrogen-bond acceptors (Lipinski definition) is 4. The van der Waals surface area contributed by atoms with Crippen molar-refractivity contribution >= 4 is 17.5 Å². The predicted molar refractivity (Wildman–Crippen MR) is 28.1 cm³/mol. The molecule has 0 aromatic heterocycles.